The second-order valence-electron chi connectivity index (χ2n) is 5.41. The van der Waals surface area contributed by atoms with Crippen LogP contribution in [0.25, 0.3) is 0 Å². The lowest BCUT2D eigenvalue weighted by Crippen LogP contribution is -2.39. The van der Waals surface area contributed by atoms with Gasteiger partial charge in [0.1, 0.15) is 0 Å². The van der Waals surface area contributed by atoms with Crippen LogP contribution in [0.5, 0.6) is 0 Å². The molecule has 3 heteroatoms. The van der Waals surface area contributed by atoms with Crippen molar-refractivity contribution in [1.29, 1.82) is 0 Å². The van der Waals surface area contributed by atoms with Gasteiger partial charge in [0.2, 0.25) is 5.91 Å². The van der Waals surface area contributed by atoms with Crippen LogP contribution in [0.3, 0.4) is 0 Å². The zero-order valence-electron chi connectivity index (χ0n) is 12.0. The van der Waals surface area contributed by atoms with E-state index in [2.05, 4.69) is 12.2 Å². The van der Waals surface area contributed by atoms with E-state index in [1.54, 1.807) is 0 Å². The third-order valence-corrected chi connectivity index (χ3v) is 3.73. The molecule has 1 rings (SSSR count). The Morgan fingerprint density at radius 3 is 2.44 bits per heavy atom. The lowest BCUT2D eigenvalue weighted by Gasteiger charge is -2.15. The van der Waals surface area contributed by atoms with E-state index in [0.29, 0.717) is 6.42 Å². The molecule has 1 saturated heterocycles. The molecule has 1 amide bonds. The molecule has 0 aromatic rings. The van der Waals surface area contributed by atoms with Gasteiger partial charge in [0.05, 0.1) is 12.1 Å². The first-order valence-corrected chi connectivity index (χ1v) is 7.65. The van der Waals surface area contributed by atoms with E-state index in [1.165, 1.54) is 38.5 Å². The summed E-state index contributed by atoms with van der Waals surface area (Å²) in [6.45, 7) is 5.05. The number of amides is 1. The van der Waals surface area contributed by atoms with Crippen LogP contribution in [0.2, 0.25) is 0 Å². The van der Waals surface area contributed by atoms with Gasteiger partial charge in [-0.25, -0.2) is 0 Å². The fraction of sp³-hybridized carbons (Fsp3) is 0.933. The van der Waals surface area contributed by atoms with Gasteiger partial charge in [-0.1, -0.05) is 45.4 Å². The fourth-order valence-corrected chi connectivity index (χ4v) is 2.44. The van der Waals surface area contributed by atoms with Crippen LogP contribution < -0.4 is 5.32 Å². The SMILES string of the molecule is CCCCCCCCCC(=O)NC1CCOC1C. The summed E-state index contributed by atoms with van der Waals surface area (Å²) in [5.74, 6) is 0.200. The summed E-state index contributed by atoms with van der Waals surface area (Å²) >= 11 is 0. The molecule has 0 aliphatic carbocycles. The average molecular weight is 255 g/mol. The van der Waals surface area contributed by atoms with Crippen LogP contribution in [0, 0.1) is 0 Å². The molecule has 0 bridgehead atoms. The van der Waals surface area contributed by atoms with Gasteiger partial charge in [-0.3, -0.25) is 4.79 Å². The maximum Gasteiger partial charge on any atom is 0.220 e. The zero-order valence-corrected chi connectivity index (χ0v) is 12.0. The van der Waals surface area contributed by atoms with E-state index >= 15 is 0 Å². The van der Waals surface area contributed by atoms with E-state index in [0.717, 1.165) is 19.4 Å². The summed E-state index contributed by atoms with van der Waals surface area (Å²) in [5, 5.41) is 3.08. The highest BCUT2D eigenvalue weighted by Gasteiger charge is 2.25. The minimum Gasteiger partial charge on any atom is -0.376 e. The van der Waals surface area contributed by atoms with E-state index in [1.807, 2.05) is 6.92 Å². The number of carbonyl (C=O) groups is 1. The minimum atomic E-state index is 0.183. The maximum absolute atomic E-state index is 11.7. The number of ether oxygens (including phenoxy) is 1. The van der Waals surface area contributed by atoms with Crippen molar-refractivity contribution in [1.82, 2.24) is 5.32 Å². The molecular formula is C15H29NO2. The highest BCUT2D eigenvalue weighted by Crippen LogP contribution is 2.13. The van der Waals surface area contributed by atoms with Crippen LogP contribution in [0.4, 0.5) is 0 Å². The van der Waals surface area contributed by atoms with Gasteiger partial charge < -0.3 is 10.1 Å². The molecule has 0 saturated carbocycles. The number of hydrogen-bond acceptors (Lipinski definition) is 2. The lowest BCUT2D eigenvalue weighted by atomic mass is 10.1. The summed E-state index contributed by atoms with van der Waals surface area (Å²) in [7, 11) is 0. The van der Waals surface area contributed by atoms with Crippen molar-refractivity contribution >= 4 is 5.91 Å². The van der Waals surface area contributed by atoms with Gasteiger partial charge in [0.25, 0.3) is 0 Å². The fourth-order valence-electron chi connectivity index (χ4n) is 2.44. The Labute approximate surface area is 112 Å². The summed E-state index contributed by atoms with van der Waals surface area (Å²) < 4.78 is 5.43. The Hall–Kier alpha value is -0.570. The van der Waals surface area contributed by atoms with Crippen molar-refractivity contribution in [2.75, 3.05) is 6.61 Å². The first-order valence-electron chi connectivity index (χ1n) is 7.65. The van der Waals surface area contributed by atoms with Crippen molar-refractivity contribution in [2.24, 2.45) is 0 Å². The molecule has 18 heavy (non-hydrogen) atoms. The average Bonchev–Trinajstić information content (AvgIpc) is 2.74. The predicted octanol–water partition coefficient (Wildman–Crippen LogP) is 3.42. The molecule has 1 aliphatic heterocycles. The monoisotopic (exact) mass is 255 g/mol. The molecule has 3 nitrogen and oxygen atoms in total. The first kappa shape index (κ1) is 15.5. The summed E-state index contributed by atoms with van der Waals surface area (Å²) in [5.41, 5.74) is 0. The largest absolute Gasteiger partial charge is 0.376 e. The Balaban J connectivity index is 1.93. The van der Waals surface area contributed by atoms with Crippen molar-refractivity contribution in [3.8, 4) is 0 Å². The van der Waals surface area contributed by atoms with Gasteiger partial charge in [0.15, 0.2) is 0 Å². The van der Waals surface area contributed by atoms with Gasteiger partial charge in [0, 0.05) is 13.0 Å². The Bertz CT molecular complexity index is 231. The van der Waals surface area contributed by atoms with Gasteiger partial charge in [-0.05, 0) is 19.8 Å². The molecule has 0 aromatic carbocycles. The predicted molar refractivity (Wildman–Crippen MR) is 74.6 cm³/mol. The zero-order chi connectivity index (χ0) is 13.2. The number of nitrogens with one attached hydrogen (secondary N) is 1. The summed E-state index contributed by atoms with van der Waals surface area (Å²) in [4.78, 5) is 11.7. The van der Waals surface area contributed by atoms with Gasteiger partial charge in [-0.2, -0.15) is 0 Å². The van der Waals surface area contributed by atoms with E-state index in [4.69, 9.17) is 4.74 Å². The van der Waals surface area contributed by atoms with Crippen molar-refractivity contribution in [3.63, 3.8) is 0 Å². The highest BCUT2D eigenvalue weighted by molar-refractivity contribution is 5.76. The van der Waals surface area contributed by atoms with Crippen molar-refractivity contribution < 1.29 is 9.53 Å². The third-order valence-electron chi connectivity index (χ3n) is 3.73. The Morgan fingerprint density at radius 2 is 1.83 bits per heavy atom. The lowest BCUT2D eigenvalue weighted by molar-refractivity contribution is -0.122. The Kier molecular flexibility index (Phi) is 8.06. The number of rotatable bonds is 9. The molecule has 0 spiro atoms. The van der Waals surface area contributed by atoms with Gasteiger partial charge in [-0.15, -0.1) is 0 Å². The van der Waals surface area contributed by atoms with E-state index in [-0.39, 0.29) is 18.1 Å². The smallest absolute Gasteiger partial charge is 0.220 e. The van der Waals surface area contributed by atoms with Crippen LogP contribution in [0.1, 0.15) is 71.6 Å². The van der Waals surface area contributed by atoms with Gasteiger partial charge >= 0.3 is 0 Å². The molecule has 1 heterocycles. The standard InChI is InChI=1S/C15H29NO2/c1-3-4-5-6-7-8-9-10-15(17)16-14-11-12-18-13(14)2/h13-14H,3-12H2,1-2H3,(H,16,17). The van der Waals surface area contributed by atoms with Crippen LogP contribution in [-0.2, 0) is 9.53 Å². The van der Waals surface area contributed by atoms with Crippen LogP contribution in [0.15, 0.2) is 0 Å². The molecule has 1 aliphatic rings. The van der Waals surface area contributed by atoms with Crippen molar-refractivity contribution in [3.05, 3.63) is 0 Å². The minimum absolute atomic E-state index is 0.183. The summed E-state index contributed by atoms with van der Waals surface area (Å²) in [6.07, 6.45) is 10.6. The number of carbonyl (C=O) groups excluding carboxylic acids is 1. The maximum atomic E-state index is 11.7. The molecule has 0 radical (unpaired) electrons. The molecular weight excluding hydrogens is 226 g/mol. The van der Waals surface area contributed by atoms with Crippen LogP contribution >= 0.6 is 0 Å². The number of hydrogen-bond donors (Lipinski definition) is 1. The molecule has 106 valence electrons. The molecule has 1 N–H and O–H groups in total. The molecule has 0 aromatic heterocycles. The van der Waals surface area contributed by atoms with E-state index in [9.17, 15) is 4.79 Å². The molecule has 1 fully saturated rings. The second-order valence-corrected chi connectivity index (χ2v) is 5.41. The number of unbranched alkanes of at least 4 members (excludes halogenated alkanes) is 6. The molecule has 2 atom stereocenters. The quantitative estimate of drug-likeness (QED) is 0.641. The highest BCUT2D eigenvalue weighted by atomic mass is 16.5. The summed E-state index contributed by atoms with van der Waals surface area (Å²) in [6, 6.07) is 0.238. The molecule has 2 unspecified atom stereocenters. The normalized spacial score (nSPS) is 23.2. The topological polar surface area (TPSA) is 38.3 Å². The first-order chi connectivity index (χ1) is 8.74. The van der Waals surface area contributed by atoms with E-state index < -0.39 is 0 Å². The van der Waals surface area contributed by atoms with Crippen LogP contribution in [-0.4, -0.2) is 24.7 Å². The second kappa shape index (κ2) is 9.37. The Morgan fingerprint density at radius 1 is 1.17 bits per heavy atom. The van der Waals surface area contributed by atoms with Crippen molar-refractivity contribution in [2.45, 2.75) is 83.8 Å². The third kappa shape index (κ3) is 6.39.